The molecular formula is C12H13N5. The standard InChI is InChI=1S/C12H13N5/c1-16-6-10(14-7-16)12-15-9-4-3-8(13)5-11(9)17(12)2/h3-7H,13H2,1-2H3. The maximum atomic E-state index is 5.78. The molecule has 3 rings (SSSR count). The van der Waals surface area contributed by atoms with E-state index in [1.807, 2.05) is 47.6 Å². The highest BCUT2D eigenvalue weighted by atomic mass is 15.1. The number of anilines is 1. The van der Waals surface area contributed by atoms with E-state index < -0.39 is 0 Å². The first kappa shape index (κ1) is 9.89. The minimum absolute atomic E-state index is 0.744. The maximum absolute atomic E-state index is 5.78. The third-order valence-corrected chi connectivity index (χ3v) is 2.84. The summed E-state index contributed by atoms with van der Waals surface area (Å²) in [7, 11) is 3.91. The van der Waals surface area contributed by atoms with Gasteiger partial charge in [-0.05, 0) is 18.2 Å². The van der Waals surface area contributed by atoms with Crippen molar-refractivity contribution in [3.05, 3.63) is 30.7 Å². The van der Waals surface area contributed by atoms with E-state index in [4.69, 9.17) is 5.73 Å². The third kappa shape index (κ3) is 1.47. The van der Waals surface area contributed by atoms with Gasteiger partial charge in [-0.25, -0.2) is 9.97 Å². The Morgan fingerprint density at radius 2 is 2.06 bits per heavy atom. The molecule has 0 aliphatic heterocycles. The van der Waals surface area contributed by atoms with E-state index in [1.54, 1.807) is 6.33 Å². The van der Waals surface area contributed by atoms with Gasteiger partial charge in [0, 0.05) is 26.0 Å². The molecule has 17 heavy (non-hydrogen) atoms. The highest BCUT2D eigenvalue weighted by molar-refractivity contribution is 5.82. The molecular weight excluding hydrogens is 214 g/mol. The van der Waals surface area contributed by atoms with Gasteiger partial charge < -0.3 is 14.9 Å². The number of fused-ring (bicyclic) bond motifs is 1. The van der Waals surface area contributed by atoms with Crippen molar-refractivity contribution < 1.29 is 0 Å². The second-order valence-corrected chi connectivity index (χ2v) is 4.17. The molecule has 0 aliphatic carbocycles. The first-order chi connectivity index (χ1) is 8.15. The van der Waals surface area contributed by atoms with Crippen LogP contribution in [0.5, 0.6) is 0 Å². The molecule has 0 fully saturated rings. The molecule has 0 unspecified atom stereocenters. The molecule has 0 bridgehead atoms. The highest BCUT2D eigenvalue weighted by Crippen LogP contribution is 2.23. The molecule has 3 aromatic rings. The predicted octanol–water partition coefficient (Wildman–Crippen LogP) is 1.56. The van der Waals surface area contributed by atoms with Gasteiger partial charge in [-0.1, -0.05) is 0 Å². The molecule has 5 heteroatoms. The number of hydrogen-bond donors (Lipinski definition) is 1. The number of benzene rings is 1. The second kappa shape index (κ2) is 3.35. The Labute approximate surface area is 98.5 Å². The van der Waals surface area contributed by atoms with Gasteiger partial charge >= 0.3 is 0 Å². The molecule has 0 atom stereocenters. The van der Waals surface area contributed by atoms with Crippen molar-refractivity contribution in [3.8, 4) is 11.5 Å². The number of nitrogens with two attached hydrogens (primary N) is 1. The van der Waals surface area contributed by atoms with Crippen molar-refractivity contribution in [2.75, 3.05) is 5.73 Å². The zero-order chi connectivity index (χ0) is 12.0. The molecule has 0 spiro atoms. The zero-order valence-electron chi connectivity index (χ0n) is 9.75. The predicted molar refractivity (Wildman–Crippen MR) is 67.3 cm³/mol. The SMILES string of the molecule is Cn1cnc(-c2nc3ccc(N)cc3n2C)c1. The van der Waals surface area contributed by atoms with Crippen molar-refractivity contribution in [2.24, 2.45) is 14.1 Å². The summed E-state index contributed by atoms with van der Waals surface area (Å²) in [6, 6.07) is 5.71. The van der Waals surface area contributed by atoms with E-state index in [9.17, 15) is 0 Å². The fourth-order valence-electron chi connectivity index (χ4n) is 1.96. The van der Waals surface area contributed by atoms with Crippen LogP contribution >= 0.6 is 0 Å². The molecule has 2 aromatic heterocycles. The summed E-state index contributed by atoms with van der Waals surface area (Å²) in [5, 5.41) is 0. The molecule has 0 radical (unpaired) electrons. The Bertz CT molecular complexity index is 692. The summed E-state index contributed by atoms with van der Waals surface area (Å²) < 4.78 is 3.91. The van der Waals surface area contributed by atoms with Gasteiger partial charge in [0.05, 0.1) is 17.4 Å². The number of nitrogens with zero attached hydrogens (tertiary/aromatic N) is 4. The van der Waals surface area contributed by atoms with Crippen LogP contribution in [0.4, 0.5) is 5.69 Å². The van der Waals surface area contributed by atoms with Crippen molar-refractivity contribution in [1.82, 2.24) is 19.1 Å². The first-order valence-electron chi connectivity index (χ1n) is 5.35. The lowest BCUT2D eigenvalue weighted by atomic mass is 10.3. The normalized spacial score (nSPS) is 11.2. The summed E-state index contributed by atoms with van der Waals surface area (Å²) in [4.78, 5) is 8.88. The molecule has 1 aromatic carbocycles. The third-order valence-electron chi connectivity index (χ3n) is 2.84. The van der Waals surface area contributed by atoms with Gasteiger partial charge in [-0.15, -0.1) is 0 Å². The molecule has 2 heterocycles. The van der Waals surface area contributed by atoms with Crippen LogP contribution < -0.4 is 5.73 Å². The number of rotatable bonds is 1. The van der Waals surface area contributed by atoms with Crippen LogP contribution in [-0.4, -0.2) is 19.1 Å². The molecule has 0 saturated carbocycles. The second-order valence-electron chi connectivity index (χ2n) is 4.17. The van der Waals surface area contributed by atoms with Gasteiger partial charge in [0.2, 0.25) is 0 Å². The largest absolute Gasteiger partial charge is 0.399 e. The van der Waals surface area contributed by atoms with Gasteiger partial charge in [0.1, 0.15) is 5.69 Å². The molecule has 0 amide bonds. The van der Waals surface area contributed by atoms with E-state index in [0.29, 0.717) is 0 Å². The Hall–Kier alpha value is -2.30. The summed E-state index contributed by atoms with van der Waals surface area (Å²) in [6.45, 7) is 0. The van der Waals surface area contributed by atoms with E-state index in [2.05, 4.69) is 9.97 Å². The van der Waals surface area contributed by atoms with Crippen molar-refractivity contribution in [2.45, 2.75) is 0 Å². The van der Waals surface area contributed by atoms with Crippen LogP contribution in [0.1, 0.15) is 0 Å². The van der Waals surface area contributed by atoms with Crippen LogP contribution in [0.3, 0.4) is 0 Å². The Kier molecular flexibility index (Phi) is 1.95. The monoisotopic (exact) mass is 227 g/mol. The molecule has 5 nitrogen and oxygen atoms in total. The first-order valence-corrected chi connectivity index (χ1v) is 5.35. The van der Waals surface area contributed by atoms with Crippen LogP contribution in [0.2, 0.25) is 0 Å². The lowest BCUT2D eigenvalue weighted by Gasteiger charge is -1.99. The van der Waals surface area contributed by atoms with E-state index in [1.165, 1.54) is 0 Å². The summed E-state index contributed by atoms with van der Waals surface area (Å²) in [5.74, 6) is 0.853. The van der Waals surface area contributed by atoms with Gasteiger partial charge in [-0.3, -0.25) is 0 Å². The van der Waals surface area contributed by atoms with Gasteiger partial charge in [0.25, 0.3) is 0 Å². The lowest BCUT2D eigenvalue weighted by molar-refractivity contribution is 0.913. The molecule has 0 saturated heterocycles. The van der Waals surface area contributed by atoms with Crippen LogP contribution in [0.15, 0.2) is 30.7 Å². The van der Waals surface area contributed by atoms with E-state index in [0.717, 1.165) is 28.2 Å². The highest BCUT2D eigenvalue weighted by Gasteiger charge is 2.11. The Balaban J connectivity index is 2.27. The van der Waals surface area contributed by atoms with E-state index >= 15 is 0 Å². The van der Waals surface area contributed by atoms with Crippen LogP contribution in [0, 0.1) is 0 Å². The topological polar surface area (TPSA) is 61.7 Å². The fraction of sp³-hybridized carbons (Fsp3) is 0.167. The quantitative estimate of drug-likeness (QED) is 0.642. The average Bonchev–Trinajstić information content (AvgIpc) is 2.84. The van der Waals surface area contributed by atoms with E-state index in [-0.39, 0.29) is 0 Å². The number of aryl methyl sites for hydroxylation is 2. The fourth-order valence-corrected chi connectivity index (χ4v) is 1.96. The van der Waals surface area contributed by atoms with Gasteiger partial charge in [0.15, 0.2) is 5.82 Å². The van der Waals surface area contributed by atoms with Crippen molar-refractivity contribution in [1.29, 1.82) is 0 Å². The number of imidazole rings is 2. The van der Waals surface area contributed by atoms with Crippen molar-refractivity contribution >= 4 is 16.7 Å². The number of nitrogen functional groups attached to an aromatic ring is 1. The number of aromatic nitrogens is 4. The average molecular weight is 227 g/mol. The Morgan fingerprint density at radius 1 is 1.24 bits per heavy atom. The number of hydrogen-bond acceptors (Lipinski definition) is 3. The lowest BCUT2D eigenvalue weighted by Crippen LogP contribution is -1.93. The summed E-state index contributed by atoms with van der Waals surface area (Å²) in [6.07, 6.45) is 3.72. The summed E-state index contributed by atoms with van der Waals surface area (Å²) in [5.41, 5.74) is 9.34. The van der Waals surface area contributed by atoms with Crippen LogP contribution in [-0.2, 0) is 14.1 Å². The minimum Gasteiger partial charge on any atom is -0.399 e. The maximum Gasteiger partial charge on any atom is 0.161 e. The van der Waals surface area contributed by atoms with Crippen LogP contribution in [0.25, 0.3) is 22.6 Å². The molecule has 2 N–H and O–H groups in total. The zero-order valence-corrected chi connectivity index (χ0v) is 9.75. The smallest absolute Gasteiger partial charge is 0.161 e. The summed E-state index contributed by atoms with van der Waals surface area (Å²) >= 11 is 0. The van der Waals surface area contributed by atoms with Crippen molar-refractivity contribution in [3.63, 3.8) is 0 Å². The van der Waals surface area contributed by atoms with Gasteiger partial charge in [-0.2, -0.15) is 0 Å². The molecule has 86 valence electrons. The molecule has 0 aliphatic rings. The minimum atomic E-state index is 0.744. The Morgan fingerprint density at radius 3 is 2.76 bits per heavy atom.